The van der Waals surface area contributed by atoms with E-state index in [4.69, 9.17) is 0 Å². The van der Waals surface area contributed by atoms with Crippen molar-refractivity contribution in [2.24, 2.45) is 0 Å². The first-order valence-electron chi connectivity index (χ1n) is 6.13. The Bertz CT molecular complexity index is 611. The van der Waals surface area contributed by atoms with Gasteiger partial charge >= 0.3 is 0 Å². The number of aryl methyl sites for hydroxylation is 2. The van der Waals surface area contributed by atoms with Crippen LogP contribution in [0.1, 0.15) is 28.5 Å². The number of anilines is 1. The zero-order valence-electron chi connectivity index (χ0n) is 10.9. The average Bonchev–Trinajstić information content (AvgIpc) is 2.39. The minimum absolute atomic E-state index is 0.0669. The molecule has 19 heavy (non-hydrogen) atoms. The van der Waals surface area contributed by atoms with Gasteiger partial charge in [0.25, 0.3) is 5.91 Å². The van der Waals surface area contributed by atoms with Crippen LogP contribution in [-0.4, -0.2) is 10.9 Å². The van der Waals surface area contributed by atoms with E-state index in [0.29, 0.717) is 5.69 Å². The number of halogens is 1. The highest BCUT2D eigenvalue weighted by atomic mass is 19.1. The molecule has 3 nitrogen and oxygen atoms in total. The molecule has 0 fully saturated rings. The summed E-state index contributed by atoms with van der Waals surface area (Å²) in [5, 5.41) is 2.71. The molecule has 1 amide bonds. The van der Waals surface area contributed by atoms with Crippen molar-refractivity contribution in [1.82, 2.24) is 4.98 Å². The fraction of sp³-hybridized carbons (Fsp3) is 0.200. The fourth-order valence-electron chi connectivity index (χ4n) is 1.90. The van der Waals surface area contributed by atoms with Crippen LogP contribution in [0.4, 0.5) is 10.1 Å². The molecule has 0 aliphatic rings. The third-order valence-electron chi connectivity index (χ3n) is 2.93. The highest BCUT2D eigenvalue weighted by Gasteiger charge is 2.09. The number of aromatic nitrogens is 1. The molecule has 0 unspecified atom stereocenters. The lowest BCUT2D eigenvalue weighted by Crippen LogP contribution is -2.14. The molecular weight excluding hydrogens is 243 g/mol. The largest absolute Gasteiger partial charge is 0.321 e. The Morgan fingerprint density at radius 3 is 2.74 bits per heavy atom. The lowest BCUT2D eigenvalue weighted by molar-refractivity contribution is 0.102. The number of amides is 1. The maximum atomic E-state index is 12.9. The summed E-state index contributed by atoms with van der Waals surface area (Å²) < 4.78 is 12.9. The third kappa shape index (κ3) is 3.16. The van der Waals surface area contributed by atoms with Gasteiger partial charge in [0.15, 0.2) is 0 Å². The highest BCUT2D eigenvalue weighted by Crippen LogP contribution is 2.16. The first-order valence-corrected chi connectivity index (χ1v) is 6.13. The minimum atomic E-state index is -0.662. The third-order valence-corrected chi connectivity index (χ3v) is 2.93. The minimum Gasteiger partial charge on any atom is -0.321 e. The predicted molar refractivity (Wildman–Crippen MR) is 72.7 cm³/mol. The van der Waals surface area contributed by atoms with Gasteiger partial charge in [0, 0.05) is 5.69 Å². The second-order valence-corrected chi connectivity index (χ2v) is 4.29. The summed E-state index contributed by atoms with van der Waals surface area (Å²) in [6.07, 6.45) is 0.950. The van der Waals surface area contributed by atoms with Crippen molar-refractivity contribution in [3.05, 3.63) is 59.2 Å². The first kappa shape index (κ1) is 13.2. The zero-order chi connectivity index (χ0) is 13.8. The van der Waals surface area contributed by atoms with Crippen LogP contribution in [0.25, 0.3) is 0 Å². The van der Waals surface area contributed by atoms with E-state index in [2.05, 4.69) is 17.2 Å². The Morgan fingerprint density at radius 2 is 2.11 bits per heavy atom. The molecule has 98 valence electrons. The molecule has 0 radical (unpaired) electrons. The van der Waals surface area contributed by atoms with Crippen molar-refractivity contribution < 1.29 is 9.18 Å². The van der Waals surface area contributed by atoms with Gasteiger partial charge in [-0.1, -0.05) is 19.1 Å². The van der Waals surface area contributed by atoms with Crippen LogP contribution in [0.3, 0.4) is 0 Å². The number of nitrogens with one attached hydrogen (secondary N) is 1. The molecule has 4 heteroatoms. The monoisotopic (exact) mass is 258 g/mol. The van der Waals surface area contributed by atoms with Crippen LogP contribution >= 0.6 is 0 Å². The molecule has 0 aliphatic heterocycles. The van der Waals surface area contributed by atoms with E-state index in [1.807, 2.05) is 25.1 Å². The molecule has 2 rings (SSSR count). The molecule has 1 aromatic carbocycles. The summed E-state index contributed by atoms with van der Waals surface area (Å²) in [4.78, 5) is 15.4. The van der Waals surface area contributed by atoms with E-state index < -0.39 is 11.9 Å². The summed E-state index contributed by atoms with van der Waals surface area (Å²) in [6.45, 7) is 4.08. The highest BCUT2D eigenvalue weighted by molar-refractivity contribution is 6.02. The standard InChI is InChI=1S/C15H15FN2O/c1-3-11-7-8-12(9-10(11)2)17-15(19)13-5-4-6-14(16)18-13/h4-9H,3H2,1-2H3,(H,17,19). The Balaban J connectivity index is 2.17. The average molecular weight is 258 g/mol. The number of carbonyl (C=O) groups excluding carboxylic acids is 1. The van der Waals surface area contributed by atoms with Gasteiger partial charge in [-0.3, -0.25) is 4.79 Å². The summed E-state index contributed by atoms with van der Waals surface area (Å²) in [5.74, 6) is -1.08. The van der Waals surface area contributed by atoms with Gasteiger partial charge in [-0.15, -0.1) is 0 Å². The SMILES string of the molecule is CCc1ccc(NC(=O)c2cccc(F)n2)cc1C. The number of hydrogen-bond acceptors (Lipinski definition) is 2. The van der Waals surface area contributed by atoms with Crippen LogP contribution in [-0.2, 0) is 6.42 Å². The zero-order valence-corrected chi connectivity index (χ0v) is 10.9. The van der Waals surface area contributed by atoms with E-state index in [9.17, 15) is 9.18 Å². The number of hydrogen-bond donors (Lipinski definition) is 1. The van der Waals surface area contributed by atoms with Crippen LogP contribution in [0.15, 0.2) is 36.4 Å². The normalized spacial score (nSPS) is 10.3. The van der Waals surface area contributed by atoms with E-state index in [1.165, 1.54) is 23.8 Å². The lowest BCUT2D eigenvalue weighted by atomic mass is 10.1. The van der Waals surface area contributed by atoms with Crippen molar-refractivity contribution in [3.63, 3.8) is 0 Å². The van der Waals surface area contributed by atoms with Crippen molar-refractivity contribution in [2.45, 2.75) is 20.3 Å². The van der Waals surface area contributed by atoms with E-state index in [0.717, 1.165) is 12.0 Å². The number of rotatable bonds is 3. The molecule has 0 bridgehead atoms. The van der Waals surface area contributed by atoms with Crippen molar-refractivity contribution >= 4 is 11.6 Å². The molecule has 0 atom stereocenters. The number of benzene rings is 1. The molecule has 0 saturated heterocycles. The second-order valence-electron chi connectivity index (χ2n) is 4.29. The van der Waals surface area contributed by atoms with Gasteiger partial charge in [0.2, 0.25) is 5.95 Å². The first-order chi connectivity index (χ1) is 9.10. The number of pyridine rings is 1. The molecule has 1 aromatic heterocycles. The molecule has 1 N–H and O–H groups in total. The quantitative estimate of drug-likeness (QED) is 0.858. The summed E-state index contributed by atoms with van der Waals surface area (Å²) in [6, 6.07) is 9.86. The molecule has 2 aromatic rings. The van der Waals surface area contributed by atoms with E-state index in [1.54, 1.807) is 0 Å². The fourth-order valence-corrected chi connectivity index (χ4v) is 1.90. The Hall–Kier alpha value is -2.23. The van der Waals surface area contributed by atoms with Gasteiger partial charge in [0.05, 0.1) is 0 Å². The summed E-state index contributed by atoms with van der Waals surface area (Å²) >= 11 is 0. The van der Waals surface area contributed by atoms with Gasteiger partial charge in [-0.2, -0.15) is 4.39 Å². The lowest BCUT2D eigenvalue weighted by Gasteiger charge is -2.08. The molecule has 1 heterocycles. The Kier molecular flexibility index (Phi) is 3.90. The van der Waals surface area contributed by atoms with Crippen molar-refractivity contribution in [1.29, 1.82) is 0 Å². The maximum absolute atomic E-state index is 12.9. The van der Waals surface area contributed by atoms with Gasteiger partial charge in [-0.05, 0) is 48.7 Å². The van der Waals surface area contributed by atoms with E-state index in [-0.39, 0.29) is 5.69 Å². The van der Waals surface area contributed by atoms with Gasteiger partial charge in [0.1, 0.15) is 5.69 Å². The van der Waals surface area contributed by atoms with Crippen LogP contribution < -0.4 is 5.32 Å². The Morgan fingerprint density at radius 1 is 1.32 bits per heavy atom. The van der Waals surface area contributed by atoms with Crippen LogP contribution in [0.5, 0.6) is 0 Å². The topological polar surface area (TPSA) is 42.0 Å². The van der Waals surface area contributed by atoms with Crippen LogP contribution in [0.2, 0.25) is 0 Å². The smallest absolute Gasteiger partial charge is 0.274 e. The molecular formula is C15H15FN2O. The molecule has 0 spiro atoms. The summed E-state index contributed by atoms with van der Waals surface area (Å²) in [5.41, 5.74) is 3.11. The van der Waals surface area contributed by atoms with Crippen LogP contribution in [0, 0.1) is 12.9 Å². The van der Waals surface area contributed by atoms with Crippen molar-refractivity contribution in [3.8, 4) is 0 Å². The number of carbonyl (C=O) groups is 1. The van der Waals surface area contributed by atoms with Gasteiger partial charge in [-0.25, -0.2) is 4.98 Å². The van der Waals surface area contributed by atoms with E-state index >= 15 is 0 Å². The summed E-state index contributed by atoms with van der Waals surface area (Å²) in [7, 11) is 0. The molecule has 0 aliphatic carbocycles. The van der Waals surface area contributed by atoms with Gasteiger partial charge < -0.3 is 5.32 Å². The predicted octanol–water partition coefficient (Wildman–Crippen LogP) is 3.34. The maximum Gasteiger partial charge on any atom is 0.274 e. The Labute approximate surface area is 111 Å². The second kappa shape index (κ2) is 5.61. The number of nitrogens with zero attached hydrogens (tertiary/aromatic N) is 1. The molecule has 0 saturated carbocycles. The van der Waals surface area contributed by atoms with Crippen molar-refractivity contribution in [2.75, 3.05) is 5.32 Å².